The van der Waals surface area contributed by atoms with Gasteiger partial charge in [0.05, 0.1) is 11.6 Å². The topological polar surface area (TPSA) is 53.3 Å². The molecule has 2 rings (SSSR count). The van der Waals surface area contributed by atoms with Crippen molar-refractivity contribution in [3.8, 4) is 6.07 Å². The molecular weight excluding hydrogens is 320 g/mol. The molecule has 106 valence electrons. The Labute approximate surface area is 127 Å². The van der Waals surface area contributed by atoms with Crippen molar-refractivity contribution in [3.63, 3.8) is 0 Å². The summed E-state index contributed by atoms with van der Waals surface area (Å²) in [6, 6.07) is 7.81. The first-order valence-corrected chi connectivity index (χ1v) is 7.27. The summed E-state index contributed by atoms with van der Waals surface area (Å²) in [6.45, 7) is 6.75. The van der Waals surface area contributed by atoms with Crippen LogP contribution >= 0.6 is 15.9 Å². The number of likely N-dealkylation sites (tertiary alicyclic amines) is 1. The van der Waals surface area contributed by atoms with Crippen LogP contribution in [0.4, 0.5) is 4.79 Å². The second-order valence-corrected chi connectivity index (χ2v) is 6.84. The highest BCUT2D eigenvalue weighted by Crippen LogP contribution is 2.32. The van der Waals surface area contributed by atoms with Gasteiger partial charge in [0.1, 0.15) is 5.60 Å². The monoisotopic (exact) mass is 336 g/mol. The van der Waals surface area contributed by atoms with E-state index in [1.54, 1.807) is 11.0 Å². The standard InChI is InChI=1S/C15H17BrN2O2/c1-15(2,3)20-14(19)18-8-11(9-18)13-6-12(16)5-4-10(13)7-17/h4-6,11H,8-9H2,1-3H3. The molecule has 5 heteroatoms. The molecule has 1 aromatic rings. The Morgan fingerprint density at radius 2 is 2.10 bits per heavy atom. The number of nitriles is 1. The van der Waals surface area contributed by atoms with Crippen molar-refractivity contribution < 1.29 is 9.53 Å². The molecule has 4 nitrogen and oxygen atoms in total. The van der Waals surface area contributed by atoms with Crippen molar-refractivity contribution in [3.05, 3.63) is 33.8 Å². The lowest BCUT2D eigenvalue weighted by molar-refractivity contribution is 0.00817. The van der Waals surface area contributed by atoms with Crippen molar-refractivity contribution in [2.24, 2.45) is 0 Å². The van der Waals surface area contributed by atoms with E-state index in [0.29, 0.717) is 18.7 Å². The van der Waals surface area contributed by atoms with Crippen molar-refractivity contribution in [2.45, 2.75) is 32.3 Å². The van der Waals surface area contributed by atoms with E-state index in [0.717, 1.165) is 10.0 Å². The zero-order valence-corrected chi connectivity index (χ0v) is 13.4. The van der Waals surface area contributed by atoms with E-state index in [1.165, 1.54) is 0 Å². The molecule has 0 aromatic heterocycles. The lowest BCUT2D eigenvalue weighted by Gasteiger charge is -2.40. The number of carbonyl (C=O) groups excluding carboxylic acids is 1. The van der Waals surface area contributed by atoms with E-state index in [4.69, 9.17) is 10.00 Å². The summed E-state index contributed by atoms with van der Waals surface area (Å²) in [5, 5.41) is 9.14. The van der Waals surface area contributed by atoms with Crippen LogP contribution in [0.5, 0.6) is 0 Å². The molecule has 0 atom stereocenters. The number of carbonyl (C=O) groups is 1. The fourth-order valence-corrected chi connectivity index (χ4v) is 2.50. The van der Waals surface area contributed by atoms with Crippen LogP contribution in [0.2, 0.25) is 0 Å². The minimum absolute atomic E-state index is 0.203. The number of rotatable bonds is 1. The van der Waals surface area contributed by atoms with Gasteiger partial charge in [0.15, 0.2) is 0 Å². The molecule has 1 fully saturated rings. The van der Waals surface area contributed by atoms with Crippen LogP contribution in [0.3, 0.4) is 0 Å². The van der Waals surface area contributed by atoms with Crippen molar-refractivity contribution in [2.75, 3.05) is 13.1 Å². The summed E-state index contributed by atoms with van der Waals surface area (Å²) in [5.41, 5.74) is 1.18. The summed E-state index contributed by atoms with van der Waals surface area (Å²) >= 11 is 3.42. The molecule has 0 spiro atoms. The van der Waals surface area contributed by atoms with Crippen molar-refractivity contribution >= 4 is 22.0 Å². The maximum absolute atomic E-state index is 11.9. The Hall–Kier alpha value is -1.54. The molecule has 0 radical (unpaired) electrons. The molecular formula is C15H17BrN2O2. The Morgan fingerprint density at radius 3 is 2.65 bits per heavy atom. The fourth-order valence-electron chi connectivity index (χ4n) is 2.12. The van der Waals surface area contributed by atoms with Crippen LogP contribution in [0.25, 0.3) is 0 Å². The average Bonchev–Trinajstić information content (AvgIpc) is 2.24. The number of hydrogen-bond donors (Lipinski definition) is 0. The molecule has 0 aliphatic carbocycles. The van der Waals surface area contributed by atoms with Gasteiger partial charge < -0.3 is 9.64 Å². The zero-order valence-electron chi connectivity index (χ0n) is 11.8. The van der Waals surface area contributed by atoms with E-state index < -0.39 is 5.60 Å². The Balaban J connectivity index is 2.02. The van der Waals surface area contributed by atoms with E-state index in [1.807, 2.05) is 32.9 Å². The number of halogens is 1. The van der Waals surface area contributed by atoms with Gasteiger partial charge in [-0.25, -0.2) is 4.79 Å². The van der Waals surface area contributed by atoms with Gasteiger partial charge in [-0.3, -0.25) is 0 Å². The minimum Gasteiger partial charge on any atom is -0.444 e. The zero-order chi connectivity index (χ0) is 14.9. The van der Waals surface area contributed by atoms with Crippen LogP contribution in [-0.2, 0) is 4.74 Å². The first-order chi connectivity index (χ1) is 9.30. The van der Waals surface area contributed by atoms with Gasteiger partial charge in [-0.1, -0.05) is 15.9 Å². The molecule has 0 saturated carbocycles. The maximum Gasteiger partial charge on any atom is 0.410 e. The molecule has 1 heterocycles. The Morgan fingerprint density at radius 1 is 1.45 bits per heavy atom. The van der Waals surface area contributed by atoms with Gasteiger partial charge >= 0.3 is 6.09 Å². The molecule has 0 unspecified atom stereocenters. The Kier molecular flexibility index (Phi) is 4.05. The summed E-state index contributed by atoms with van der Waals surface area (Å²) in [5.74, 6) is 0.203. The van der Waals surface area contributed by atoms with Gasteiger partial charge in [0.2, 0.25) is 0 Å². The van der Waals surface area contributed by atoms with Crippen LogP contribution in [0.1, 0.15) is 37.8 Å². The average molecular weight is 337 g/mol. The first-order valence-electron chi connectivity index (χ1n) is 6.47. The normalized spacial score (nSPS) is 15.4. The molecule has 1 aliphatic heterocycles. The molecule has 1 aliphatic rings. The van der Waals surface area contributed by atoms with Crippen LogP contribution in [0, 0.1) is 11.3 Å². The maximum atomic E-state index is 11.9. The van der Waals surface area contributed by atoms with Crippen molar-refractivity contribution in [1.82, 2.24) is 4.90 Å². The van der Waals surface area contributed by atoms with Gasteiger partial charge in [0, 0.05) is 23.5 Å². The molecule has 1 amide bonds. The lowest BCUT2D eigenvalue weighted by atomic mass is 9.89. The van der Waals surface area contributed by atoms with Gasteiger partial charge in [-0.05, 0) is 44.5 Å². The Bertz CT molecular complexity index is 566. The summed E-state index contributed by atoms with van der Waals surface area (Å²) < 4.78 is 6.27. The van der Waals surface area contributed by atoms with E-state index in [9.17, 15) is 4.79 Å². The predicted molar refractivity (Wildman–Crippen MR) is 79.4 cm³/mol. The van der Waals surface area contributed by atoms with Crippen LogP contribution in [-0.4, -0.2) is 29.7 Å². The third kappa shape index (κ3) is 3.31. The molecule has 20 heavy (non-hydrogen) atoms. The van der Waals surface area contributed by atoms with Gasteiger partial charge in [-0.2, -0.15) is 5.26 Å². The van der Waals surface area contributed by atoms with Crippen LogP contribution in [0.15, 0.2) is 22.7 Å². The van der Waals surface area contributed by atoms with E-state index in [-0.39, 0.29) is 12.0 Å². The quantitative estimate of drug-likeness (QED) is 0.786. The van der Waals surface area contributed by atoms with Crippen LogP contribution < -0.4 is 0 Å². The highest BCUT2D eigenvalue weighted by molar-refractivity contribution is 9.10. The number of amides is 1. The molecule has 0 bridgehead atoms. The van der Waals surface area contributed by atoms with Gasteiger partial charge in [-0.15, -0.1) is 0 Å². The lowest BCUT2D eigenvalue weighted by Crippen LogP contribution is -2.50. The van der Waals surface area contributed by atoms with Crippen molar-refractivity contribution in [1.29, 1.82) is 5.26 Å². The SMILES string of the molecule is CC(C)(C)OC(=O)N1CC(c2cc(Br)ccc2C#N)C1. The second kappa shape index (κ2) is 5.45. The molecule has 0 N–H and O–H groups in total. The summed E-state index contributed by atoms with van der Waals surface area (Å²) in [4.78, 5) is 13.5. The number of ether oxygens (including phenoxy) is 1. The number of hydrogen-bond acceptors (Lipinski definition) is 3. The third-order valence-corrected chi connectivity index (χ3v) is 3.60. The van der Waals surface area contributed by atoms with E-state index >= 15 is 0 Å². The first kappa shape index (κ1) is 14.9. The number of benzene rings is 1. The molecule has 1 aromatic carbocycles. The largest absolute Gasteiger partial charge is 0.444 e. The highest BCUT2D eigenvalue weighted by Gasteiger charge is 2.35. The smallest absolute Gasteiger partial charge is 0.410 e. The highest BCUT2D eigenvalue weighted by atomic mass is 79.9. The number of nitrogens with zero attached hydrogens (tertiary/aromatic N) is 2. The fraction of sp³-hybridized carbons (Fsp3) is 0.467. The third-order valence-electron chi connectivity index (χ3n) is 3.11. The van der Waals surface area contributed by atoms with E-state index in [2.05, 4.69) is 22.0 Å². The molecule has 1 saturated heterocycles. The summed E-state index contributed by atoms with van der Waals surface area (Å²) in [6.07, 6.45) is -0.290. The minimum atomic E-state index is -0.476. The second-order valence-electron chi connectivity index (χ2n) is 5.93. The summed E-state index contributed by atoms with van der Waals surface area (Å²) in [7, 11) is 0. The van der Waals surface area contributed by atoms with Gasteiger partial charge in [0.25, 0.3) is 0 Å². The predicted octanol–water partition coefficient (Wildman–Crippen LogP) is 3.66.